The number of carbonyl (C=O) groups is 1. The first-order chi connectivity index (χ1) is 12.7. The summed E-state index contributed by atoms with van der Waals surface area (Å²) in [5.41, 5.74) is 0.879. The molecule has 8 heteroatoms. The zero-order valence-corrected chi connectivity index (χ0v) is 17.0. The first kappa shape index (κ1) is 21.2. The number of carbonyl (C=O) groups excluding carboxylic acids is 1. The van der Waals surface area contributed by atoms with E-state index in [-0.39, 0.29) is 17.5 Å². The average molecular weight is 411 g/mol. The van der Waals surface area contributed by atoms with E-state index in [0.29, 0.717) is 17.4 Å². The van der Waals surface area contributed by atoms with E-state index in [2.05, 4.69) is 5.32 Å². The van der Waals surface area contributed by atoms with E-state index in [1.807, 2.05) is 26.0 Å². The lowest BCUT2D eigenvalue weighted by molar-refractivity contribution is -0.121. The number of halogens is 1. The molecule has 6 nitrogen and oxygen atoms in total. The number of hydrogen-bond acceptors (Lipinski definition) is 4. The summed E-state index contributed by atoms with van der Waals surface area (Å²) in [6.07, 6.45) is 0. The quantitative estimate of drug-likeness (QED) is 0.724. The van der Waals surface area contributed by atoms with Crippen LogP contribution < -0.4 is 10.1 Å². The Labute approximate surface area is 165 Å². The van der Waals surface area contributed by atoms with Crippen LogP contribution in [0.3, 0.4) is 0 Å². The molecule has 1 amide bonds. The van der Waals surface area contributed by atoms with Gasteiger partial charge in [0, 0.05) is 12.1 Å². The molecule has 0 radical (unpaired) electrons. The highest BCUT2D eigenvalue weighted by Gasteiger charge is 2.23. The Hall–Kier alpha value is -2.09. The van der Waals surface area contributed by atoms with Gasteiger partial charge in [-0.3, -0.25) is 4.79 Å². The van der Waals surface area contributed by atoms with Gasteiger partial charge in [-0.1, -0.05) is 23.7 Å². The van der Waals surface area contributed by atoms with Crippen molar-refractivity contribution in [3.05, 3.63) is 59.1 Å². The van der Waals surface area contributed by atoms with E-state index in [9.17, 15) is 13.2 Å². The SMILES string of the molecule is CCOc1ccc(S(=O)(=O)N(C)CC(=O)N[C@H](C)c2ccc(Cl)cc2)cc1. The summed E-state index contributed by atoms with van der Waals surface area (Å²) in [6.45, 7) is 3.88. The molecule has 0 aliphatic carbocycles. The van der Waals surface area contributed by atoms with E-state index in [1.54, 1.807) is 24.3 Å². The van der Waals surface area contributed by atoms with Crippen molar-refractivity contribution in [1.29, 1.82) is 0 Å². The van der Waals surface area contributed by atoms with Gasteiger partial charge in [0.2, 0.25) is 15.9 Å². The number of likely N-dealkylation sites (N-methyl/N-ethyl adjacent to an activating group) is 1. The normalized spacial score (nSPS) is 12.6. The summed E-state index contributed by atoms with van der Waals surface area (Å²) < 4.78 is 31.6. The third-order valence-electron chi connectivity index (χ3n) is 3.96. The number of amides is 1. The highest BCUT2D eigenvalue weighted by molar-refractivity contribution is 7.89. The highest BCUT2D eigenvalue weighted by Crippen LogP contribution is 2.19. The van der Waals surface area contributed by atoms with Gasteiger partial charge in [0.25, 0.3) is 0 Å². The van der Waals surface area contributed by atoms with Crippen molar-refractivity contribution in [2.24, 2.45) is 0 Å². The summed E-state index contributed by atoms with van der Waals surface area (Å²) in [6, 6.07) is 12.9. The zero-order valence-electron chi connectivity index (χ0n) is 15.5. The Morgan fingerprint density at radius 1 is 1.15 bits per heavy atom. The van der Waals surface area contributed by atoms with Gasteiger partial charge in [-0.15, -0.1) is 0 Å². The summed E-state index contributed by atoms with van der Waals surface area (Å²) in [7, 11) is -2.40. The molecule has 2 rings (SSSR count). The molecule has 0 aromatic heterocycles. The van der Waals surface area contributed by atoms with Crippen molar-refractivity contribution in [1.82, 2.24) is 9.62 Å². The molecule has 27 heavy (non-hydrogen) atoms. The Kier molecular flexibility index (Phi) is 7.24. The van der Waals surface area contributed by atoms with Crippen LogP contribution in [-0.2, 0) is 14.8 Å². The predicted molar refractivity (Wildman–Crippen MR) is 105 cm³/mol. The fraction of sp³-hybridized carbons (Fsp3) is 0.316. The minimum absolute atomic E-state index is 0.104. The van der Waals surface area contributed by atoms with Gasteiger partial charge in [-0.2, -0.15) is 4.31 Å². The van der Waals surface area contributed by atoms with Crippen LogP contribution in [0.5, 0.6) is 5.75 Å². The molecule has 2 aromatic carbocycles. The van der Waals surface area contributed by atoms with Gasteiger partial charge in [-0.05, 0) is 55.8 Å². The Morgan fingerprint density at radius 2 is 1.74 bits per heavy atom. The molecule has 0 bridgehead atoms. The predicted octanol–water partition coefficient (Wildman–Crippen LogP) is 3.24. The van der Waals surface area contributed by atoms with Crippen LogP contribution in [0, 0.1) is 0 Å². The highest BCUT2D eigenvalue weighted by atomic mass is 35.5. The molecule has 0 aliphatic heterocycles. The van der Waals surface area contributed by atoms with E-state index in [0.717, 1.165) is 9.87 Å². The van der Waals surface area contributed by atoms with E-state index >= 15 is 0 Å². The molecule has 1 atom stereocenters. The Balaban J connectivity index is 2.00. The lowest BCUT2D eigenvalue weighted by atomic mass is 10.1. The molecular formula is C19H23ClN2O4S. The first-order valence-corrected chi connectivity index (χ1v) is 10.3. The van der Waals surface area contributed by atoms with Gasteiger partial charge >= 0.3 is 0 Å². The smallest absolute Gasteiger partial charge is 0.243 e. The molecule has 0 unspecified atom stereocenters. The maximum Gasteiger partial charge on any atom is 0.243 e. The van der Waals surface area contributed by atoms with Crippen LogP contribution in [0.25, 0.3) is 0 Å². The molecular weight excluding hydrogens is 388 g/mol. The molecule has 0 fully saturated rings. The second-order valence-electron chi connectivity index (χ2n) is 6.01. The largest absolute Gasteiger partial charge is 0.494 e. The van der Waals surface area contributed by atoms with E-state index in [1.165, 1.54) is 19.2 Å². The van der Waals surface area contributed by atoms with Crippen LogP contribution in [0.1, 0.15) is 25.5 Å². The van der Waals surface area contributed by atoms with Gasteiger partial charge in [0.15, 0.2) is 0 Å². The standard InChI is InChI=1S/C19H23ClN2O4S/c1-4-26-17-9-11-18(12-10-17)27(24,25)22(3)13-19(23)21-14(2)15-5-7-16(20)8-6-15/h5-12,14H,4,13H2,1-3H3,(H,21,23)/t14-/m1/s1. The first-order valence-electron chi connectivity index (χ1n) is 8.48. The minimum atomic E-state index is -3.77. The van der Waals surface area contributed by atoms with Crippen LogP contribution in [0.4, 0.5) is 0 Å². The maximum absolute atomic E-state index is 12.6. The zero-order chi connectivity index (χ0) is 20.0. The van der Waals surface area contributed by atoms with Crippen LogP contribution in [-0.4, -0.2) is 38.8 Å². The lowest BCUT2D eigenvalue weighted by Gasteiger charge is -2.19. The number of benzene rings is 2. The van der Waals surface area contributed by atoms with Crippen LogP contribution in [0.2, 0.25) is 5.02 Å². The van der Waals surface area contributed by atoms with Crippen molar-refractivity contribution >= 4 is 27.5 Å². The fourth-order valence-corrected chi connectivity index (χ4v) is 3.72. The summed E-state index contributed by atoms with van der Waals surface area (Å²) in [5.74, 6) is 0.197. The maximum atomic E-state index is 12.6. The lowest BCUT2D eigenvalue weighted by Crippen LogP contribution is -2.39. The summed E-state index contributed by atoms with van der Waals surface area (Å²) >= 11 is 5.86. The molecule has 1 N–H and O–H groups in total. The third-order valence-corrected chi connectivity index (χ3v) is 6.03. The van der Waals surface area contributed by atoms with Gasteiger partial charge in [0.05, 0.1) is 24.1 Å². The number of nitrogens with zero attached hydrogens (tertiary/aromatic N) is 1. The monoisotopic (exact) mass is 410 g/mol. The van der Waals surface area contributed by atoms with Crippen LogP contribution in [0.15, 0.2) is 53.4 Å². The molecule has 0 saturated carbocycles. The number of sulfonamides is 1. The second kappa shape index (κ2) is 9.21. The Morgan fingerprint density at radius 3 is 2.30 bits per heavy atom. The van der Waals surface area contributed by atoms with Crippen molar-refractivity contribution in [2.45, 2.75) is 24.8 Å². The molecule has 0 saturated heterocycles. The van der Waals surface area contributed by atoms with Crippen molar-refractivity contribution in [3.63, 3.8) is 0 Å². The molecule has 0 spiro atoms. The minimum Gasteiger partial charge on any atom is -0.494 e. The molecule has 0 aliphatic rings. The van der Waals surface area contributed by atoms with Crippen molar-refractivity contribution in [2.75, 3.05) is 20.2 Å². The number of ether oxygens (including phenoxy) is 1. The van der Waals surface area contributed by atoms with Gasteiger partial charge < -0.3 is 10.1 Å². The average Bonchev–Trinajstić information content (AvgIpc) is 2.62. The van der Waals surface area contributed by atoms with Gasteiger partial charge in [0.1, 0.15) is 5.75 Å². The summed E-state index contributed by atoms with van der Waals surface area (Å²) in [4.78, 5) is 12.4. The number of rotatable bonds is 8. The van der Waals surface area contributed by atoms with Crippen molar-refractivity contribution in [3.8, 4) is 5.75 Å². The van der Waals surface area contributed by atoms with Crippen LogP contribution >= 0.6 is 11.6 Å². The summed E-state index contributed by atoms with van der Waals surface area (Å²) in [5, 5.41) is 3.40. The molecule has 146 valence electrons. The van der Waals surface area contributed by atoms with E-state index in [4.69, 9.17) is 16.3 Å². The topological polar surface area (TPSA) is 75.7 Å². The molecule has 2 aromatic rings. The fourth-order valence-electron chi connectivity index (χ4n) is 2.46. The Bertz CT molecular complexity index is 868. The second-order valence-corrected chi connectivity index (χ2v) is 8.49. The van der Waals surface area contributed by atoms with E-state index < -0.39 is 15.9 Å². The third kappa shape index (κ3) is 5.69. The number of hydrogen-bond donors (Lipinski definition) is 1. The molecule has 0 heterocycles. The van der Waals surface area contributed by atoms with Crippen molar-refractivity contribution < 1.29 is 17.9 Å². The van der Waals surface area contributed by atoms with Gasteiger partial charge in [-0.25, -0.2) is 8.42 Å². The number of nitrogens with one attached hydrogen (secondary N) is 1.